The van der Waals surface area contributed by atoms with E-state index in [-0.39, 0.29) is 11.8 Å². The van der Waals surface area contributed by atoms with E-state index in [2.05, 4.69) is 29.3 Å². The first-order valence-corrected chi connectivity index (χ1v) is 10.3. The van der Waals surface area contributed by atoms with Crippen LogP contribution in [-0.4, -0.2) is 30.3 Å². The monoisotopic (exact) mass is 383 g/mol. The van der Waals surface area contributed by atoms with Crippen molar-refractivity contribution in [1.82, 2.24) is 4.90 Å². The van der Waals surface area contributed by atoms with Crippen LogP contribution in [0.5, 0.6) is 0 Å². The van der Waals surface area contributed by atoms with Crippen molar-refractivity contribution in [3.8, 4) is 0 Å². The number of aryl methyl sites for hydroxylation is 2. The van der Waals surface area contributed by atoms with Crippen LogP contribution in [0.1, 0.15) is 56.2 Å². The van der Waals surface area contributed by atoms with E-state index in [1.54, 1.807) is 0 Å². The number of hydrogen-bond acceptors (Lipinski definition) is 4. The molecule has 0 fully saturated rings. The number of nitrogens with one attached hydrogen (secondary N) is 1. The number of carbonyl (C=O) groups excluding carboxylic acids is 2. The third-order valence-corrected chi connectivity index (χ3v) is 6.88. The van der Waals surface area contributed by atoms with Gasteiger partial charge in [-0.05, 0) is 61.9 Å². The van der Waals surface area contributed by atoms with Crippen molar-refractivity contribution in [3.63, 3.8) is 0 Å². The summed E-state index contributed by atoms with van der Waals surface area (Å²) in [5.74, 6) is -0.750. The summed E-state index contributed by atoms with van der Waals surface area (Å²) in [5.41, 5.74) is 10.7. The van der Waals surface area contributed by atoms with Gasteiger partial charge in [0.05, 0.1) is 11.5 Å². The largest absolute Gasteiger partial charge is 0.365 e. The molecule has 6 heteroatoms. The summed E-state index contributed by atoms with van der Waals surface area (Å²) < 4.78 is 0. The first-order valence-electron chi connectivity index (χ1n) is 9.48. The van der Waals surface area contributed by atoms with Crippen molar-refractivity contribution in [2.75, 3.05) is 18.9 Å². The normalized spacial score (nSPS) is 19.3. The molecule has 1 aromatic heterocycles. The second-order valence-corrected chi connectivity index (χ2v) is 8.77. The van der Waals surface area contributed by atoms with Gasteiger partial charge in [-0.15, -0.1) is 11.3 Å². The Hall–Kier alpha value is -2.18. The Kier molecular flexibility index (Phi) is 4.78. The number of anilines is 1. The molecule has 142 valence electrons. The van der Waals surface area contributed by atoms with Crippen LogP contribution in [0.25, 0.3) is 0 Å². The van der Waals surface area contributed by atoms with Crippen molar-refractivity contribution in [2.45, 2.75) is 45.1 Å². The molecular formula is C21H25N3O2S. The van der Waals surface area contributed by atoms with Crippen LogP contribution in [0.2, 0.25) is 0 Å². The smallest absolute Gasteiger partial charge is 0.251 e. The molecule has 1 atom stereocenters. The zero-order chi connectivity index (χ0) is 19.1. The molecule has 1 aliphatic carbocycles. The maximum Gasteiger partial charge on any atom is 0.251 e. The molecular weight excluding hydrogens is 358 g/mol. The second kappa shape index (κ2) is 7.09. The molecule has 2 amide bonds. The van der Waals surface area contributed by atoms with E-state index in [4.69, 9.17) is 5.73 Å². The molecule has 0 bridgehead atoms. The molecule has 2 heterocycles. The molecule has 0 spiro atoms. The lowest BCUT2D eigenvalue weighted by molar-refractivity contribution is -0.118. The lowest BCUT2D eigenvalue weighted by Gasteiger charge is -2.32. The molecule has 3 N–H and O–H groups in total. The van der Waals surface area contributed by atoms with Crippen molar-refractivity contribution < 1.29 is 9.59 Å². The van der Waals surface area contributed by atoms with E-state index in [1.807, 2.05) is 13.1 Å². The summed E-state index contributed by atoms with van der Waals surface area (Å²) in [6.45, 7) is 3.57. The molecule has 0 saturated heterocycles. The maximum atomic E-state index is 13.2. The Morgan fingerprint density at radius 1 is 1.26 bits per heavy atom. The Bertz CT molecular complexity index is 918. The average molecular weight is 384 g/mol. The van der Waals surface area contributed by atoms with E-state index < -0.39 is 5.91 Å². The van der Waals surface area contributed by atoms with E-state index in [0.717, 1.165) is 48.9 Å². The zero-order valence-corrected chi connectivity index (χ0v) is 16.6. The summed E-state index contributed by atoms with van der Waals surface area (Å²) in [5, 5.41) is 3.69. The predicted octanol–water partition coefficient (Wildman–Crippen LogP) is 3.20. The Morgan fingerprint density at radius 3 is 2.81 bits per heavy atom. The molecule has 0 radical (unpaired) electrons. The van der Waals surface area contributed by atoms with Crippen molar-refractivity contribution in [2.24, 2.45) is 5.73 Å². The van der Waals surface area contributed by atoms with Crippen LogP contribution >= 0.6 is 11.3 Å². The third kappa shape index (κ3) is 3.28. The van der Waals surface area contributed by atoms with Crippen molar-refractivity contribution >= 4 is 28.2 Å². The highest BCUT2D eigenvalue weighted by Gasteiger charge is 2.32. The van der Waals surface area contributed by atoms with E-state index in [0.29, 0.717) is 17.1 Å². The summed E-state index contributed by atoms with van der Waals surface area (Å²) in [6, 6.07) is 6.20. The minimum absolute atomic E-state index is 0.0572. The quantitative estimate of drug-likeness (QED) is 0.855. The highest BCUT2D eigenvalue weighted by molar-refractivity contribution is 7.17. The fraction of sp³-hybridized carbons (Fsp3) is 0.429. The standard InChI is InChI=1S/C21H25N3O2S/c1-12-6-5-7-13-10-24(2)11-15(17(12)13)20(26)23-21-18(19(22)25)14-8-3-4-9-16(14)27-21/h5-7,15H,3-4,8-11H2,1-2H3,(H2,22,25)(H,23,26). The number of carbonyl (C=O) groups is 2. The van der Waals surface area contributed by atoms with Gasteiger partial charge in [-0.25, -0.2) is 0 Å². The van der Waals surface area contributed by atoms with Crippen molar-refractivity contribution in [1.29, 1.82) is 0 Å². The molecule has 27 heavy (non-hydrogen) atoms. The van der Waals surface area contributed by atoms with Gasteiger partial charge in [0.15, 0.2) is 0 Å². The number of fused-ring (bicyclic) bond motifs is 2. The van der Waals surface area contributed by atoms with Gasteiger partial charge in [-0.1, -0.05) is 18.2 Å². The molecule has 1 aromatic carbocycles. The van der Waals surface area contributed by atoms with Crippen LogP contribution < -0.4 is 11.1 Å². The fourth-order valence-electron chi connectivity index (χ4n) is 4.46. The number of thiophene rings is 1. The lowest BCUT2D eigenvalue weighted by Crippen LogP contribution is -2.37. The van der Waals surface area contributed by atoms with E-state index >= 15 is 0 Å². The second-order valence-electron chi connectivity index (χ2n) is 7.67. The van der Waals surface area contributed by atoms with Crippen LogP contribution in [0.4, 0.5) is 5.00 Å². The summed E-state index contributed by atoms with van der Waals surface area (Å²) in [6.07, 6.45) is 4.02. The molecule has 0 saturated carbocycles. The Morgan fingerprint density at radius 2 is 2.04 bits per heavy atom. The first-order chi connectivity index (χ1) is 13.0. The predicted molar refractivity (Wildman–Crippen MR) is 108 cm³/mol. The lowest BCUT2D eigenvalue weighted by atomic mass is 9.86. The third-order valence-electron chi connectivity index (χ3n) is 5.67. The number of rotatable bonds is 3. The van der Waals surface area contributed by atoms with Crippen LogP contribution in [0.3, 0.4) is 0 Å². The SMILES string of the molecule is Cc1cccc2c1C(C(=O)Nc1sc3c(c1C(N)=O)CCCC3)CN(C)C2. The van der Waals surface area contributed by atoms with Gasteiger partial charge in [-0.2, -0.15) is 0 Å². The minimum atomic E-state index is -0.443. The molecule has 1 unspecified atom stereocenters. The highest BCUT2D eigenvalue weighted by Crippen LogP contribution is 2.39. The van der Waals surface area contributed by atoms with Gasteiger partial charge in [0.2, 0.25) is 5.91 Å². The fourth-order valence-corrected chi connectivity index (χ4v) is 5.76. The molecule has 1 aliphatic heterocycles. The van der Waals surface area contributed by atoms with Gasteiger partial charge in [-0.3, -0.25) is 9.59 Å². The van der Waals surface area contributed by atoms with Gasteiger partial charge in [0.1, 0.15) is 5.00 Å². The molecule has 5 nitrogen and oxygen atoms in total. The summed E-state index contributed by atoms with van der Waals surface area (Å²) in [7, 11) is 2.03. The van der Waals surface area contributed by atoms with Crippen LogP contribution in [-0.2, 0) is 24.2 Å². The molecule has 2 aromatic rings. The topological polar surface area (TPSA) is 75.4 Å². The van der Waals surface area contributed by atoms with E-state index in [9.17, 15) is 9.59 Å². The first kappa shape index (κ1) is 18.2. The Labute approximate surface area is 163 Å². The number of likely N-dealkylation sites (N-methyl/N-ethyl adjacent to an activating group) is 1. The number of hydrogen-bond donors (Lipinski definition) is 2. The number of benzene rings is 1. The van der Waals surface area contributed by atoms with Gasteiger partial charge in [0.25, 0.3) is 5.91 Å². The summed E-state index contributed by atoms with van der Waals surface area (Å²) >= 11 is 1.52. The zero-order valence-electron chi connectivity index (χ0n) is 15.8. The molecule has 2 aliphatic rings. The van der Waals surface area contributed by atoms with E-state index in [1.165, 1.54) is 21.8 Å². The van der Waals surface area contributed by atoms with Gasteiger partial charge >= 0.3 is 0 Å². The average Bonchev–Trinajstić information content (AvgIpc) is 2.98. The van der Waals surface area contributed by atoms with Gasteiger partial charge in [0, 0.05) is 18.0 Å². The maximum absolute atomic E-state index is 13.2. The minimum Gasteiger partial charge on any atom is -0.365 e. The number of primary amides is 1. The van der Waals surface area contributed by atoms with Crippen LogP contribution in [0, 0.1) is 6.92 Å². The number of amides is 2. The molecule has 4 rings (SSSR count). The number of nitrogens with two attached hydrogens (primary N) is 1. The van der Waals surface area contributed by atoms with Crippen molar-refractivity contribution in [3.05, 3.63) is 50.9 Å². The highest BCUT2D eigenvalue weighted by atomic mass is 32.1. The summed E-state index contributed by atoms with van der Waals surface area (Å²) in [4.78, 5) is 28.7. The number of nitrogens with zero attached hydrogens (tertiary/aromatic N) is 1. The van der Waals surface area contributed by atoms with Gasteiger partial charge < -0.3 is 16.0 Å². The Balaban J connectivity index is 1.68. The van der Waals surface area contributed by atoms with Crippen LogP contribution in [0.15, 0.2) is 18.2 Å².